The largest absolute Gasteiger partial charge is 0.481 e. The van der Waals surface area contributed by atoms with E-state index in [2.05, 4.69) is 11.9 Å². The van der Waals surface area contributed by atoms with Gasteiger partial charge < -0.3 is 19.8 Å². The van der Waals surface area contributed by atoms with E-state index in [1.165, 1.54) is 0 Å². The zero-order valence-corrected chi connectivity index (χ0v) is 12.9. The molecule has 2 amide bonds. The molecule has 0 spiro atoms. The summed E-state index contributed by atoms with van der Waals surface area (Å²) in [5, 5.41) is 9.28. The van der Waals surface area contributed by atoms with Crippen LogP contribution in [0.1, 0.15) is 25.7 Å². The molecule has 118 valence electrons. The summed E-state index contributed by atoms with van der Waals surface area (Å²) in [4.78, 5) is 29.9. The van der Waals surface area contributed by atoms with Crippen LogP contribution < -0.4 is 0 Å². The van der Waals surface area contributed by atoms with E-state index < -0.39 is 5.97 Å². The van der Waals surface area contributed by atoms with Gasteiger partial charge in [0.05, 0.1) is 5.92 Å². The molecule has 6 nitrogen and oxygen atoms in total. The highest BCUT2D eigenvalue weighted by molar-refractivity contribution is 5.79. The van der Waals surface area contributed by atoms with Gasteiger partial charge in [-0.3, -0.25) is 4.79 Å². The Morgan fingerprint density at radius 1 is 1.29 bits per heavy atom. The van der Waals surface area contributed by atoms with Crippen molar-refractivity contribution >= 4 is 12.0 Å². The molecule has 3 saturated heterocycles. The highest BCUT2D eigenvalue weighted by Crippen LogP contribution is 2.42. The molecular formula is C15H25N3O3. The second-order valence-corrected chi connectivity index (χ2v) is 6.97. The summed E-state index contributed by atoms with van der Waals surface area (Å²) < 4.78 is 0. The van der Waals surface area contributed by atoms with Crippen LogP contribution in [0.3, 0.4) is 0 Å². The van der Waals surface area contributed by atoms with E-state index in [1.54, 1.807) is 4.90 Å². The van der Waals surface area contributed by atoms with Crippen LogP contribution >= 0.6 is 0 Å². The lowest BCUT2D eigenvalue weighted by Gasteiger charge is -2.30. The van der Waals surface area contributed by atoms with Crippen LogP contribution in [0.2, 0.25) is 0 Å². The van der Waals surface area contributed by atoms with Crippen molar-refractivity contribution in [2.75, 3.05) is 33.7 Å². The SMILES string of the molecule is CN1CCC(CN(C)C(=O)N2C3CCC2C(C(=O)O)C3)C1. The Morgan fingerprint density at radius 3 is 2.62 bits per heavy atom. The van der Waals surface area contributed by atoms with E-state index >= 15 is 0 Å². The van der Waals surface area contributed by atoms with E-state index in [9.17, 15) is 14.7 Å². The van der Waals surface area contributed by atoms with E-state index in [-0.39, 0.29) is 24.0 Å². The number of carboxylic acid groups (broad SMARTS) is 1. The molecule has 3 aliphatic heterocycles. The number of aliphatic carboxylic acids is 1. The van der Waals surface area contributed by atoms with Gasteiger partial charge in [0.1, 0.15) is 0 Å². The quantitative estimate of drug-likeness (QED) is 0.841. The van der Waals surface area contributed by atoms with Gasteiger partial charge in [0.25, 0.3) is 0 Å². The molecule has 2 bridgehead atoms. The van der Waals surface area contributed by atoms with Crippen molar-refractivity contribution in [3.63, 3.8) is 0 Å². The second-order valence-electron chi connectivity index (χ2n) is 6.97. The maximum Gasteiger partial charge on any atom is 0.320 e. The van der Waals surface area contributed by atoms with E-state index in [0.29, 0.717) is 12.3 Å². The molecule has 0 aromatic rings. The van der Waals surface area contributed by atoms with Crippen molar-refractivity contribution in [3.8, 4) is 0 Å². The molecular weight excluding hydrogens is 270 g/mol. The number of rotatable bonds is 3. The third kappa shape index (κ3) is 2.61. The van der Waals surface area contributed by atoms with Crippen LogP contribution in [0.15, 0.2) is 0 Å². The normalized spacial score (nSPS) is 35.4. The summed E-state index contributed by atoms with van der Waals surface area (Å²) >= 11 is 0. The molecule has 3 heterocycles. The number of carbonyl (C=O) groups is 2. The van der Waals surface area contributed by atoms with Crippen molar-refractivity contribution in [2.24, 2.45) is 11.8 Å². The molecule has 3 rings (SSSR count). The van der Waals surface area contributed by atoms with Crippen LogP contribution in [0.4, 0.5) is 4.79 Å². The molecule has 21 heavy (non-hydrogen) atoms. The minimum atomic E-state index is -0.750. The first kappa shape index (κ1) is 14.6. The Bertz CT molecular complexity index is 442. The molecule has 0 radical (unpaired) electrons. The predicted molar refractivity (Wildman–Crippen MR) is 78.0 cm³/mol. The van der Waals surface area contributed by atoms with Gasteiger partial charge in [-0.15, -0.1) is 0 Å². The molecule has 0 saturated carbocycles. The maximum absolute atomic E-state index is 12.7. The Labute approximate surface area is 125 Å². The summed E-state index contributed by atoms with van der Waals surface area (Å²) in [6, 6.07) is 0.0757. The fraction of sp³-hybridized carbons (Fsp3) is 0.867. The molecule has 3 fully saturated rings. The first-order chi connectivity index (χ1) is 9.97. The average molecular weight is 295 g/mol. The van der Waals surface area contributed by atoms with Gasteiger partial charge in [-0.2, -0.15) is 0 Å². The zero-order chi connectivity index (χ0) is 15.1. The number of carboxylic acids is 1. The van der Waals surface area contributed by atoms with Gasteiger partial charge in [-0.05, 0) is 45.2 Å². The zero-order valence-electron chi connectivity index (χ0n) is 12.9. The van der Waals surface area contributed by atoms with Crippen LogP contribution in [0.5, 0.6) is 0 Å². The van der Waals surface area contributed by atoms with Crippen molar-refractivity contribution < 1.29 is 14.7 Å². The number of carbonyl (C=O) groups excluding carboxylic acids is 1. The predicted octanol–water partition coefficient (Wildman–Crippen LogP) is 0.927. The number of amides is 2. The van der Waals surface area contributed by atoms with Gasteiger partial charge in [0.2, 0.25) is 0 Å². The highest BCUT2D eigenvalue weighted by Gasteiger charge is 2.52. The summed E-state index contributed by atoms with van der Waals surface area (Å²) in [5.41, 5.74) is 0. The lowest BCUT2D eigenvalue weighted by Crippen LogP contribution is -2.46. The molecule has 4 unspecified atom stereocenters. The highest BCUT2D eigenvalue weighted by atomic mass is 16.4. The van der Waals surface area contributed by atoms with Crippen LogP contribution in [-0.2, 0) is 4.79 Å². The average Bonchev–Trinajstić information content (AvgIpc) is 3.12. The number of hydrogen-bond donors (Lipinski definition) is 1. The van der Waals surface area contributed by atoms with Crippen LogP contribution in [0.25, 0.3) is 0 Å². The summed E-state index contributed by atoms with van der Waals surface area (Å²) in [6.07, 6.45) is 3.57. The lowest BCUT2D eigenvalue weighted by molar-refractivity contribution is -0.142. The third-order valence-electron chi connectivity index (χ3n) is 5.42. The molecule has 3 aliphatic rings. The number of fused-ring (bicyclic) bond motifs is 2. The molecule has 0 aromatic heterocycles. The molecule has 0 aromatic carbocycles. The molecule has 6 heteroatoms. The topological polar surface area (TPSA) is 64.1 Å². The number of urea groups is 1. The summed E-state index contributed by atoms with van der Waals surface area (Å²) in [6.45, 7) is 2.92. The Kier molecular flexibility index (Phi) is 3.82. The molecule has 0 aliphatic carbocycles. The van der Waals surface area contributed by atoms with Gasteiger partial charge in [0.15, 0.2) is 0 Å². The van der Waals surface area contributed by atoms with Crippen molar-refractivity contribution in [1.82, 2.24) is 14.7 Å². The van der Waals surface area contributed by atoms with Crippen molar-refractivity contribution in [1.29, 1.82) is 0 Å². The smallest absolute Gasteiger partial charge is 0.320 e. The summed E-state index contributed by atoms with van der Waals surface area (Å²) in [7, 11) is 3.97. The Balaban J connectivity index is 1.61. The number of hydrogen-bond acceptors (Lipinski definition) is 3. The fourth-order valence-corrected chi connectivity index (χ4v) is 4.39. The fourth-order valence-electron chi connectivity index (χ4n) is 4.39. The molecule has 1 N–H and O–H groups in total. The van der Waals surface area contributed by atoms with Gasteiger partial charge >= 0.3 is 12.0 Å². The standard InChI is InChI=1S/C15H25N3O3/c1-16-6-5-10(8-16)9-17(2)15(21)18-11-3-4-13(18)12(7-11)14(19)20/h10-13H,3-9H2,1-2H3,(H,19,20). The molecule has 4 atom stereocenters. The van der Waals surface area contributed by atoms with E-state index in [1.807, 2.05) is 11.9 Å². The van der Waals surface area contributed by atoms with Gasteiger partial charge in [0, 0.05) is 32.2 Å². The summed E-state index contributed by atoms with van der Waals surface area (Å²) in [5.74, 6) is -0.571. The lowest BCUT2D eigenvalue weighted by atomic mass is 9.89. The maximum atomic E-state index is 12.7. The van der Waals surface area contributed by atoms with Crippen LogP contribution in [0, 0.1) is 11.8 Å². The van der Waals surface area contributed by atoms with Crippen LogP contribution in [-0.4, -0.2) is 77.6 Å². The van der Waals surface area contributed by atoms with E-state index in [4.69, 9.17) is 0 Å². The first-order valence-corrected chi connectivity index (χ1v) is 7.92. The Morgan fingerprint density at radius 2 is 2.05 bits per heavy atom. The van der Waals surface area contributed by atoms with Crippen molar-refractivity contribution in [3.05, 3.63) is 0 Å². The number of nitrogens with zero attached hydrogens (tertiary/aromatic N) is 3. The number of likely N-dealkylation sites (tertiary alicyclic amines) is 1. The van der Waals surface area contributed by atoms with Crippen molar-refractivity contribution in [2.45, 2.75) is 37.8 Å². The minimum absolute atomic E-state index is 0.0285. The third-order valence-corrected chi connectivity index (χ3v) is 5.42. The Hall–Kier alpha value is -1.30. The monoisotopic (exact) mass is 295 g/mol. The first-order valence-electron chi connectivity index (χ1n) is 7.92. The second kappa shape index (κ2) is 5.48. The minimum Gasteiger partial charge on any atom is -0.481 e. The van der Waals surface area contributed by atoms with Gasteiger partial charge in [-0.1, -0.05) is 0 Å². The van der Waals surface area contributed by atoms with E-state index in [0.717, 1.165) is 38.9 Å². The van der Waals surface area contributed by atoms with Gasteiger partial charge in [-0.25, -0.2) is 4.79 Å².